The number of halogens is 1. The van der Waals surface area contributed by atoms with Crippen LogP contribution >= 0.6 is 11.6 Å². The molecule has 0 aliphatic carbocycles. The molecule has 2 rings (SSSR count). The highest BCUT2D eigenvalue weighted by molar-refractivity contribution is 6.34. The van der Waals surface area contributed by atoms with E-state index in [1.54, 1.807) is 24.4 Å². The summed E-state index contributed by atoms with van der Waals surface area (Å²) >= 11 is 5.89. The molecule has 14 heavy (non-hydrogen) atoms. The third-order valence-electron chi connectivity index (χ3n) is 1.85. The smallest absolute Gasteiger partial charge is 0.0707 e. The summed E-state index contributed by atoms with van der Waals surface area (Å²) in [4.78, 5) is 6.85. The Bertz CT molecular complexity index is 531. The van der Waals surface area contributed by atoms with E-state index in [4.69, 9.17) is 17.1 Å². The van der Waals surface area contributed by atoms with Crippen LogP contribution < -0.4 is 0 Å². The van der Waals surface area contributed by atoms with Crippen molar-refractivity contribution in [3.8, 4) is 0 Å². The number of aromatic nitrogens is 1. The van der Waals surface area contributed by atoms with Gasteiger partial charge in [-0.25, -0.2) is 0 Å². The molecule has 68 valence electrons. The lowest BCUT2D eigenvalue weighted by atomic mass is 10.2. The molecule has 0 amide bonds. The van der Waals surface area contributed by atoms with Crippen LogP contribution in [0.25, 0.3) is 21.3 Å². The summed E-state index contributed by atoms with van der Waals surface area (Å²) in [6.45, 7) is 0. The first kappa shape index (κ1) is 8.81. The summed E-state index contributed by atoms with van der Waals surface area (Å²) < 4.78 is 0. The number of nitrogens with zero attached hydrogens (tertiary/aromatic N) is 4. The largest absolute Gasteiger partial charge is 0.256 e. The number of azide groups is 1. The van der Waals surface area contributed by atoms with Gasteiger partial charge in [0.25, 0.3) is 0 Å². The van der Waals surface area contributed by atoms with Crippen molar-refractivity contribution >= 4 is 28.2 Å². The lowest BCUT2D eigenvalue weighted by Gasteiger charge is -2.01. The van der Waals surface area contributed by atoms with Crippen molar-refractivity contribution in [2.45, 2.75) is 0 Å². The molecule has 0 spiro atoms. The van der Waals surface area contributed by atoms with E-state index in [2.05, 4.69) is 15.0 Å². The van der Waals surface area contributed by atoms with Crippen LogP contribution in [-0.4, -0.2) is 4.98 Å². The maximum absolute atomic E-state index is 8.38. The zero-order chi connectivity index (χ0) is 9.97. The van der Waals surface area contributed by atoms with Gasteiger partial charge in [0.15, 0.2) is 0 Å². The van der Waals surface area contributed by atoms with E-state index >= 15 is 0 Å². The van der Waals surface area contributed by atoms with Crippen LogP contribution in [-0.2, 0) is 0 Å². The van der Waals surface area contributed by atoms with E-state index in [-0.39, 0.29) is 0 Å². The average Bonchev–Trinajstić information content (AvgIpc) is 2.23. The van der Waals surface area contributed by atoms with Crippen LogP contribution in [0.4, 0.5) is 5.69 Å². The Labute approximate surface area is 84.8 Å². The molecule has 1 heterocycles. The first-order chi connectivity index (χ1) is 6.83. The number of rotatable bonds is 1. The number of hydrogen-bond acceptors (Lipinski definition) is 2. The molecular formula is C9H5ClN4. The second-order valence-corrected chi connectivity index (χ2v) is 3.06. The first-order valence-electron chi connectivity index (χ1n) is 3.91. The van der Waals surface area contributed by atoms with E-state index in [0.717, 1.165) is 10.9 Å². The molecule has 0 radical (unpaired) electrons. The predicted molar refractivity (Wildman–Crippen MR) is 55.6 cm³/mol. The minimum Gasteiger partial charge on any atom is -0.256 e. The fourth-order valence-electron chi connectivity index (χ4n) is 1.26. The molecule has 4 nitrogen and oxygen atoms in total. The molecule has 0 N–H and O–H groups in total. The Morgan fingerprint density at radius 2 is 2.21 bits per heavy atom. The van der Waals surface area contributed by atoms with Crippen LogP contribution in [0, 0.1) is 0 Å². The Kier molecular flexibility index (Phi) is 2.23. The van der Waals surface area contributed by atoms with Crippen molar-refractivity contribution in [3.63, 3.8) is 0 Å². The van der Waals surface area contributed by atoms with Gasteiger partial charge in [0.05, 0.1) is 16.2 Å². The number of benzene rings is 1. The van der Waals surface area contributed by atoms with Crippen molar-refractivity contribution in [1.29, 1.82) is 0 Å². The standard InChI is InChI=1S/C9H5ClN4/c10-7-3-4-8-6(2-1-5-12-8)9(7)13-14-11/h1-5H. The lowest BCUT2D eigenvalue weighted by molar-refractivity contribution is 1.40. The van der Waals surface area contributed by atoms with Crippen LogP contribution in [0.15, 0.2) is 35.6 Å². The normalized spacial score (nSPS) is 9.79. The van der Waals surface area contributed by atoms with Gasteiger partial charge >= 0.3 is 0 Å². The molecule has 5 heteroatoms. The fourth-order valence-corrected chi connectivity index (χ4v) is 1.46. The summed E-state index contributed by atoms with van der Waals surface area (Å²) in [6.07, 6.45) is 1.68. The highest BCUT2D eigenvalue weighted by atomic mass is 35.5. The highest BCUT2D eigenvalue weighted by Gasteiger charge is 2.03. The summed E-state index contributed by atoms with van der Waals surface area (Å²) in [5.41, 5.74) is 9.58. The van der Waals surface area contributed by atoms with Gasteiger partial charge in [-0.1, -0.05) is 22.8 Å². The Morgan fingerprint density at radius 3 is 3.00 bits per heavy atom. The number of pyridine rings is 1. The molecule has 0 fully saturated rings. The monoisotopic (exact) mass is 204 g/mol. The van der Waals surface area contributed by atoms with E-state index in [1.165, 1.54) is 0 Å². The molecule has 2 aromatic rings. The Morgan fingerprint density at radius 1 is 1.36 bits per heavy atom. The first-order valence-corrected chi connectivity index (χ1v) is 4.29. The summed E-state index contributed by atoms with van der Waals surface area (Å²) in [6, 6.07) is 7.04. The molecule has 0 saturated heterocycles. The van der Waals surface area contributed by atoms with Gasteiger partial charge in [-0.3, -0.25) is 4.98 Å². The minimum atomic E-state index is 0.430. The molecule has 0 atom stereocenters. The zero-order valence-electron chi connectivity index (χ0n) is 7.05. The molecule has 1 aromatic heterocycles. The van der Waals surface area contributed by atoms with Gasteiger partial charge < -0.3 is 0 Å². The Hall–Kier alpha value is -1.77. The van der Waals surface area contributed by atoms with Crippen molar-refractivity contribution in [2.24, 2.45) is 5.11 Å². The van der Waals surface area contributed by atoms with Crippen LogP contribution in [0.1, 0.15) is 0 Å². The molecule has 0 bridgehead atoms. The van der Waals surface area contributed by atoms with E-state index < -0.39 is 0 Å². The highest BCUT2D eigenvalue weighted by Crippen LogP contribution is 2.32. The van der Waals surface area contributed by atoms with Crippen molar-refractivity contribution in [3.05, 3.63) is 45.9 Å². The summed E-state index contributed by atoms with van der Waals surface area (Å²) in [5, 5.41) is 4.74. The fraction of sp³-hybridized carbons (Fsp3) is 0. The van der Waals surface area contributed by atoms with Gasteiger partial charge in [-0.15, -0.1) is 0 Å². The number of hydrogen-bond donors (Lipinski definition) is 0. The Balaban J connectivity index is 2.89. The molecule has 1 aromatic carbocycles. The second kappa shape index (κ2) is 3.54. The van der Waals surface area contributed by atoms with Gasteiger partial charge in [-0.2, -0.15) is 0 Å². The zero-order valence-corrected chi connectivity index (χ0v) is 7.81. The third kappa shape index (κ3) is 1.37. The molecule has 0 unspecified atom stereocenters. The number of fused-ring (bicyclic) bond motifs is 1. The average molecular weight is 205 g/mol. The van der Waals surface area contributed by atoms with Crippen LogP contribution in [0.5, 0.6) is 0 Å². The van der Waals surface area contributed by atoms with Crippen molar-refractivity contribution in [2.75, 3.05) is 0 Å². The molecule has 0 aliphatic rings. The van der Waals surface area contributed by atoms with Gasteiger partial charge in [0, 0.05) is 16.5 Å². The maximum Gasteiger partial charge on any atom is 0.0707 e. The van der Waals surface area contributed by atoms with E-state index in [1.807, 2.05) is 6.07 Å². The van der Waals surface area contributed by atoms with E-state index in [0.29, 0.717) is 10.7 Å². The molecule has 0 aliphatic heterocycles. The van der Waals surface area contributed by atoms with Crippen molar-refractivity contribution < 1.29 is 0 Å². The topological polar surface area (TPSA) is 61.7 Å². The van der Waals surface area contributed by atoms with Gasteiger partial charge in [-0.05, 0) is 23.7 Å². The van der Waals surface area contributed by atoms with Crippen LogP contribution in [0.3, 0.4) is 0 Å². The second-order valence-electron chi connectivity index (χ2n) is 2.66. The van der Waals surface area contributed by atoms with E-state index in [9.17, 15) is 0 Å². The third-order valence-corrected chi connectivity index (χ3v) is 2.16. The quantitative estimate of drug-likeness (QED) is 0.396. The van der Waals surface area contributed by atoms with Crippen LogP contribution in [0.2, 0.25) is 5.02 Å². The van der Waals surface area contributed by atoms with Gasteiger partial charge in [0.1, 0.15) is 0 Å². The summed E-state index contributed by atoms with van der Waals surface area (Å²) in [5.74, 6) is 0. The van der Waals surface area contributed by atoms with Gasteiger partial charge in [0.2, 0.25) is 0 Å². The minimum absolute atomic E-state index is 0.430. The SMILES string of the molecule is [N-]=[N+]=Nc1c(Cl)ccc2ncccc12. The maximum atomic E-state index is 8.38. The molecule has 0 saturated carbocycles. The predicted octanol–water partition coefficient (Wildman–Crippen LogP) is 3.83. The van der Waals surface area contributed by atoms with Crippen molar-refractivity contribution in [1.82, 2.24) is 4.98 Å². The lowest BCUT2D eigenvalue weighted by Crippen LogP contribution is -1.78. The summed E-state index contributed by atoms with van der Waals surface area (Å²) in [7, 11) is 0. The molecular weight excluding hydrogens is 200 g/mol.